The molecule has 1 aromatic heterocycles. The summed E-state index contributed by atoms with van der Waals surface area (Å²) in [6.45, 7) is 0. The Hall–Kier alpha value is 0.280. The van der Waals surface area contributed by atoms with Crippen LogP contribution >= 0.6 is 66.4 Å². The minimum atomic E-state index is -1.53. The van der Waals surface area contributed by atoms with Gasteiger partial charge in [0.15, 0.2) is 5.78 Å². The summed E-state index contributed by atoms with van der Waals surface area (Å²) in [6, 6.07) is 6.40. The molecule has 0 aliphatic carbocycles. The van der Waals surface area contributed by atoms with Gasteiger partial charge in [0.2, 0.25) is 0 Å². The van der Waals surface area contributed by atoms with Crippen molar-refractivity contribution in [3.63, 3.8) is 0 Å². The summed E-state index contributed by atoms with van der Waals surface area (Å²) < 4.78 is 13.8. The summed E-state index contributed by atoms with van der Waals surface area (Å²) in [7, 11) is -1.53. The molecule has 0 spiro atoms. The lowest BCUT2D eigenvalue weighted by molar-refractivity contribution is 0.102. The fourth-order valence-corrected chi connectivity index (χ4v) is 6.02. The van der Waals surface area contributed by atoms with E-state index in [0.29, 0.717) is 24.3 Å². The molecular weight excluding hydrogens is 471 g/mol. The van der Waals surface area contributed by atoms with E-state index in [0.717, 1.165) is 3.79 Å². The van der Waals surface area contributed by atoms with Gasteiger partial charge in [0.25, 0.3) is 0 Å². The number of ketones is 1. The first-order valence-corrected chi connectivity index (χ1v) is 9.67. The topological polar surface area (TPSA) is 34.1 Å². The van der Waals surface area contributed by atoms with Gasteiger partial charge in [-0.25, -0.2) is 0 Å². The maximum Gasteiger partial charge on any atom is 0.177 e. The van der Waals surface area contributed by atoms with Gasteiger partial charge in [-0.15, -0.1) is 11.3 Å². The first-order chi connectivity index (χ1) is 9.38. The highest BCUT2D eigenvalue weighted by atomic mass is 79.9. The molecule has 0 aliphatic heterocycles. The van der Waals surface area contributed by atoms with Crippen LogP contribution in [0.4, 0.5) is 0 Å². The Bertz CT molecular complexity index is 701. The van der Waals surface area contributed by atoms with Crippen LogP contribution in [-0.2, 0) is 10.8 Å². The van der Waals surface area contributed by atoms with Gasteiger partial charge in [0.05, 0.1) is 34.0 Å². The molecule has 0 amide bonds. The van der Waals surface area contributed by atoms with E-state index < -0.39 is 10.8 Å². The monoisotopic (exact) mass is 474 g/mol. The van der Waals surface area contributed by atoms with E-state index >= 15 is 0 Å². The lowest BCUT2D eigenvalue weighted by Gasteiger charge is -2.04. The lowest BCUT2D eigenvalue weighted by atomic mass is 10.2. The number of hydrogen-bond donors (Lipinski definition) is 0. The van der Waals surface area contributed by atoms with Gasteiger partial charge in [0.1, 0.15) is 0 Å². The Morgan fingerprint density at radius 2 is 1.95 bits per heavy atom. The number of thiophene rings is 1. The fraction of sp³-hybridized carbons (Fsp3) is 0.0833. The standard InChI is InChI=1S/C12H6Br2Cl2O2S2/c13-11-4-7(12(14)19-11)9(17)5-20(18)10-3-6(15)1-2-8(10)16/h1-4H,5H2. The summed E-state index contributed by atoms with van der Waals surface area (Å²) in [6.07, 6.45) is 0. The Labute approximate surface area is 149 Å². The van der Waals surface area contributed by atoms with E-state index in [1.54, 1.807) is 18.2 Å². The first kappa shape index (κ1) is 16.6. The summed E-state index contributed by atoms with van der Waals surface area (Å²) in [5.41, 5.74) is 0.508. The maximum atomic E-state index is 12.2. The number of carbonyl (C=O) groups is 1. The Kier molecular flexibility index (Phi) is 5.85. The maximum absolute atomic E-state index is 12.2. The molecule has 20 heavy (non-hydrogen) atoms. The predicted molar refractivity (Wildman–Crippen MR) is 91.8 cm³/mol. The SMILES string of the molecule is O=C(CS(=O)c1cc(Cl)ccc1Cl)c1cc(Br)sc1Br. The normalized spacial score (nSPS) is 12.4. The molecule has 1 unspecified atom stereocenters. The second-order valence-corrected chi connectivity index (χ2v) is 9.74. The zero-order valence-electron chi connectivity index (χ0n) is 9.66. The molecule has 0 bridgehead atoms. The number of carbonyl (C=O) groups excluding carboxylic acids is 1. The van der Waals surface area contributed by atoms with E-state index in [9.17, 15) is 9.00 Å². The highest BCUT2D eigenvalue weighted by Crippen LogP contribution is 2.32. The van der Waals surface area contributed by atoms with Crippen molar-refractivity contribution in [2.24, 2.45) is 0 Å². The predicted octanol–water partition coefficient (Wildman–Crippen LogP) is 5.57. The van der Waals surface area contributed by atoms with Crippen molar-refractivity contribution >= 4 is 83.0 Å². The summed E-state index contributed by atoms with van der Waals surface area (Å²) in [4.78, 5) is 12.5. The number of rotatable bonds is 4. The van der Waals surface area contributed by atoms with Gasteiger partial charge in [-0.05, 0) is 56.1 Å². The van der Waals surface area contributed by atoms with Gasteiger partial charge in [-0.3, -0.25) is 9.00 Å². The quantitative estimate of drug-likeness (QED) is 0.540. The van der Waals surface area contributed by atoms with Crippen LogP contribution in [-0.4, -0.2) is 15.7 Å². The van der Waals surface area contributed by atoms with Gasteiger partial charge in [0, 0.05) is 10.6 Å². The average molecular weight is 477 g/mol. The van der Waals surface area contributed by atoms with Crippen LogP contribution in [0.15, 0.2) is 36.7 Å². The number of hydrogen-bond acceptors (Lipinski definition) is 3. The third-order valence-electron chi connectivity index (χ3n) is 2.36. The first-order valence-electron chi connectivity index (χ1n) is 5.20. The molecule has 0 aliphatic rings. The van der Waals surface area contributed by atoms with Gasteiger partial charge in [-0.1, -0.05) is 23.2 Å². The zero-order valence-corrected chi connectivity index (χ0v) is 16.0. The van der Waals surface area contributed by atoms with Gasteiger partial charge in [-0.2, -0.15) is 0 Å². The summed E-state index contributed by atoms with van der Waals surface area (Å²) in [5, 5.41) is 0.774. The largest absolute Gasteiger partial charge is 0.293 e. The molecule has 106 valence electrons. The van der Waals surface area contributed by atoms with E-state index in [4.69, 9.17) is 23.2 Å². The molecule has 0 radical (unpaired) electrons. The van der Waals surface area contributed by atoms with Crippen molar-refractivity contribution in [3.8, 4) is 0 Å². The minimum Gasteiger partial charge on any atom is -0.293 e. The van der Waals surface area contributed by atoms with Crippen molar-refractivity contribution in [1.29, 1.82) is 0 Å². The van der Waals surface area contributed by atoms with Crippen molar-refractivity contribution in [3.05, 3.63) is 47.4 Å². The molecule has 0 fully saturated rings. The molecule has 1 atom stereocenters. The highest BCUT2D eigenvalue weighted by molar-refractivity contribution is 9.12. The third-order valence-corrected chi connectivity index (χ3v) is 6.73. The van der Waals surface area contributed by atoms with Crippen LogP contribution in [0.5, 0.6) is 0 Å². The Morgan fingerprint density at radius 1 is 1.25 bits per heavy atom. The molecule has 2 nitrogen and oxygen atoms in total. The molecule has 2 rings (SSSR count). The zero-order chi connectivity index (χ0) is 14.9. The summed E-state index contributed by atoms with van der Waals surface area (Å²) >= 11 is 19.8. The Balaban J connectivity index is 2.21. The molecule has 1 aromatic carbocycles. The molecule has 8 heteroatoms. The molecule has 1 heterocycles. The van der Waals surface area contributed by atoms with E-state index in [1.807, 2.05) is 0 Å². The van der Waals surface area contributed by atoms with Crippen LogP contribution < -0.4 is 0 Å². The smallest absolute Gasteiger partial charge is 0.177 e. The molecule has 0 N–H and O–H groups in total. The van der Waals surface area contributed by atoms with Crippen LogP contribution in [0.25, 0.3) is 0 Å². The number of benzene rings is 1. The average Bonchev–Trinajstić information content (AvgIpc) is 2.71. The third kappa shape index (κ3) is 3.93. The molecule has 0 saturated carbocycles. The number of Topliss-reactive ketones (excluding diaryl/α,β-unsaturated/α-hetero) is 1. The van der Waals surface area contributed by atoms with Crippen LogP contribution in [0.1, 0.15) is 10.4 Å². The van der Waals surface area contributed by atoms with Crippen molar-refractivity contribution in [2.75, 3.05) is 5.75 Å². The van der Waals surface area contributed by atoms with Crippen molar-refractivity contribution in [2.45, 2.75) is 4.90 Å². The van der Waals surface area contributed by atoms with Gasteiger partial charge >= 0.3 is 0 Å². The minimum absolute atomic E-state index is 0.137. The van der Waals surface area contributed by atoms with E-state index in [1.165, 1.54) is 17.4 Å². The van der Waals surface area contributed by atoms with Crippen molar-refractivity contribution < 1.29 is 9.00 Å². The van der Waals surface area contributed by atoms with Gasteiger partial charge < -0.3 is 0 Å². The van der Waals surface area contributed by atoms with Crippen LogP contribution in [0.2, 0.25) is 10.0 Å². The second kappa shape index (κ2) is 7.03. The highest BCUT2D eigenvalue weighted by Gasteiger charge is 2.19. The number of halogens is 4. The second-order valence-electron chi connectivity index (χ2n) is 3.73. The van der Waals surface area contributed by atoms with Crippen LogP contribution in [0, 0.1) is 0 Å². The summed E-state index contributed by atoms with van der Waals surface area (Å²) in [5.74, 6) is -0.352. The van der Waals surface area contributed by atoms with Crippen LogP contribution in [0.3, 0.4) is 0 Å². The molecule has 0 saturated heterocycles. The van der Waals surface area contributed by atoms with E-state index in [-0.39, 0.29) is 11.5 Å². The Morgan fingerprint density at radius 3 is 2.55 bits per heavy atom. The lowest BCUT2D eigenvalue weighted by Crippen LogP contribution is -2.11. The van der Waals surface area contributed by atoms with Crippen molar-refractivity contribution in [1.82, 2.24) is 0 Å². The fourth-order valence-electron chi connectivity index (χ4n) is 1.46. The molecule has 2 aromatic rings. The van der Waals surface area contributed by atoms with E-state index in [2.05, 4.69) is 31.9 Å². The molecular formula is C12H6Br2Cl2O2S2.